The van der Waals surface area contributed by atoms with Crippen molar-refractivity contribution in [2.45, 2.75) is 18.3 Å². The molecule has 0 amide bonds. The molecule has 0 unspecified atom stereocenters. The molecule has 1 aromatic rings. The van der Waals surface area contributed by atoms with Crippen LogP contribution in [0.25, 0.3) is 0 Å². The van der Waals surface area contributed by atoms with Gasteiger partial charge in [-0.15, -0.1) is 0 Å². The molecule has 5 heteroatoms. The highest BCUT2D eigenvalue weighted by Crippen LogP contribution is 2.44. The van der Waals surface area contributed by atoms with Crippen LogP contribution in [0.15, 0.2) is 30.3 Å². The van der Waals surface area contributed by atoms with Crippen molar-refractivity contribution in [3.63, 3.8) is 0 Å². The third-order valence-electron chi connectivity index (χ3n) is 2.05. The summed E-state index contributed by atoms with van der Waals surface area (Å²) in [4.78, 5) is 0. The first-order chi connectivity index (χ1) is 6.92. The van der Waals surface area contributed by atoms with Gasteiger partial charge in [0.05, 0.1) is 0 Å². The van der Waals surface area contributed by atoms with Gasteiger partial charge >= 0.3 is 11.8 Å². The topological polar surface area (TPSA) is 26.0 Å². The zero-order chi connectivity index (χ0) is 11.5. The van der Waals surface area contributed by atoms with Crippen molar-refractivity contribution in [1.29, 1.82) is 0 Å². The van der Waals surface area contributed by atoms with Crippen LogP contribution in [0.4, 0.5) is 17.6 Å². The van der Waals surface area contributed by atoms with Gasteiger partial charge in [0.15, 0.2) is 0 Å². The Labute approximate surface area is 84.9 Å². The Hall–Kier alpha value is -1.10. The Kier molecular flexibility index (Phi) is 3.34. The molecule has 0 bridgehead atoms. The van der Waals surface area contributed by atoms with Gasteiger partial charge in [-0.05, 0) is 6.54 Å². The second kappa shape index (κ2) is 4.18. The van der Waals surface area contributed by atoms with Crippen molar-refractivity contribution in [1.82, 2.24) is 0 Å². The molecule has 0 fully saturated rings. The Bertz CT molecular complexity index is 310. The summed E-state index contributed by atoms with van der Waals surface area (Å²) in [7, 11) is 0. The maximum absolute atomic E-state index is 13.3. The van der Waals surface area contributed by atoms with E-state index in [0.29, 0.717) is 0 Å². The van der Waals surface area contributed by atoms with Gasteiger partial charge in [0.1, 0.15) is 0 Å². The third kappa shape index (κ3) is 2.28. The highest BCUT2D eigenvalue weighted by atomic mass is 19.3. The summed E-state index contributed by atoms with van der Waals surface area (Å²) < 4.78 is 52.7. The Balaban J connectivity index is 3.01. The van der Waals surface area contributed by atoms with Crippen molar-refractivity contribution >= 4 is 0 Å². The molecule has 2 N–H and O–H groups in total. The molecule has 0 heterocycles. The zero-order valence-electron chi connectivity index (χ0n) is 7.89. The second-order valence-corrected chi connectivity index (χ2v) is 3.18. The Morgan fingerprint density at radius 2 is 1.53 bits per heavy atom. The average molecular weight is 221 g/mol. The van der Waals surface area contributed by atoms with Gasteiger partial charge in [0.2, 0.25) is 0 Å². The van der Waals surface area contributed by atoms with Crippen molar-refractivity contribution in [2.75, 3.05) is 6.54 Å². The summed E-state index contributed by atoms with van der Waals surface area (Å²) in [5.41, 5.74) is 4.18. The number of hydrogen-bond donors (Lipinski definition) is 1. The maximum Gasteiger partial charge on any atom is 0.335 e. The summed E-state index contributed by atoms with van der Waals surface area (Å²) in [6, 6.07) is 6.03. The minimum atomic E-state index is -4.17. The van der Waals surface area contributed by atoms with Gasteiger partial charge in [-0.25, -0.2) is 0 Å². The molecule has 0 saturated heterocycles. The molecule has 84 valence electrons. The number of benzene rings is 1. The fourth-order valence-corrected chi connectivity index (χ4v) is 1.20. The molecule has 1 rings (SSSR count). The predicted molar refractivity (Wildman–Crippen MR) is 49.0 cm³/mol. The van der Waals surface area contributed by atoms with E-state index in [9.17, 15) is 17.6 Å². The molecule has 15 heavy (non-hydrogen) atoms. The minimum absolute atomic E-state index is 0.477. The number of rotatable bonds is 4. The molecule has 1 aromatic carbocycles. The molecule has 0 saturated carbocycles. The highest BCUT2D eigenvalue weighted by molar-refractivity contribution is 5.22. The van der Waals surface area contributed by atoms with E-state index in [4.69, 9.17) is 5.73 Å². The third-order valence-corrected chi connectivity index (χ3v) is 2.05. The van der Waals surface area contributed by atoms with E-state index in [1.807, 2.05) is 0 Å². The first-order valence-corrected chi connectivity index (χ1v) is 4.43. The molecule has 0 aliphatic rings. The van der Waals surface area contributed by atoms with Crippen LogP contribution in [0.3, 0.4) is 0 Å². The molecule has 0 spiro atoms. The number of nitrogens with two attached hydrogens (primary N) is 1. The normalized spacial score (nSPS) is 12.9. The van der Waals surface area contributed by atoms with Crippen molar-refractivity contribution < 1.29 is 17.6 Å². The lowest BCUT2D eigenvalue weighted by Gasteiger charge is -2.26. The fourth-order valence-electron chi connectivity index (χ4n) is 1.20. The molecular weight excluding hydrogens is 210 g/mol. The van der Waals surface area contributed by atoms with Crippen molar-refractivity contribution in [2.24, 2.45) is 5.73 Å². The lowest BCUT2D eigenvalue weighted by atomic mass is 10.00. The first kappa shape index (κ1) is 12.0. The van der Waals surface area contributed by atoms with Crippen LogP contribution in [0.1, 0.15) is 12.0 Å². The molecule has 0 radical (unpaired) electrons. The summed E-state index contributed by atoms with van der Waals surface area (Å²) in [6.07, 6.45) is -1.03. The van der Waals surface area contributed by atoms with Crippen LogP contribution < -0.4 is 5.73 Å². The van der Waals surface area contributed by atoms with Gasteiger partial charge in [0.25, 0.3) is 0 Å². The van der Waals surface area contributed by atoms with E-state index in [0.717, 1.165) is 12.1 Å². The van der Waals surface area contributed by atoms with E-state index in [1.165, 1.54) is 18.2 Å². The van der Waals surface area contributed by atoms with E-state index in [-0.39, 0.29) is 0 Å². The van der Waals surface area contributed by atoms with Gasteiger partial charge in [0, 0.05) is 12.0 Å². The van der Waals surface area contributed by atoms with Crippen LogP contribution in [-0.4, -0.2) is 12.5 Å². The van der Waals surface area contributed by atoms with E-state index >= 15 is 0 Å². The number of halogens is 4. The van der Waals surface area contributed by atoms with Crippen LogP contribution in [0.5, 0.6) is 0 Å². The van der Waals surface area contributed by atoms with E-state index in [1.54, 1.807) is 0 Å². The number of alkyl halides is 4. The summed E-state index contributed by atoms with van der Waals surface area (Å²) in [6.45, 7) is -0.477. The van der Waals surface area contributed by atoms with Gasteiger partial charge in [-0.2, -0.15) is 17.6 Å². The van der Waals surface area contributed by atoms with Crippen LogP contribution in [0.2, 0.25) is 0 Å². The second-order valence-electron chi connectivity index (χ2n) is 3.18. The van der Waals surface area contributed by atoms with Gasteiger partial charge in [-0.1, -0.05) is 30.3 Å². The van der Waals surface area contributed by atoms with Crippen LogP contribution >= 0.6 is 0 Å². The van der Waals surface area contributed by atoms with Gasteiger partial charge in [-0.3, -0.25) is 0 Å². The molecule has 0 aliphatic heterocycles. The fraction of sp³-hybridized carbons (Fsp3) is 0.400. The number of hydrogen-bond acceptors (Lipinski definition) is 1. The SMILES string of the molecule is NCCC(F)(F)C(F)(F)c1ccccc1. The lowest BCUT2D eigenvalue weighted by Crippen LogP contribution is -2.39. The predicted octanol–water partition coefficient (Wildman–Crippen LogP) is 2.76. The van der Waals surface area contributed by atoms with E-state index in [2.05, 4.69) is 0 Å². The van der Waals surface area contributed by atoms with E-state index < -0.39 is 30.4 Å². The zero-order valence-corrected chi connectivity index (χ0v) is 7.89. The van der Waals surface area contributed by atoms with Gasteiger partial charge < -0.3 is 5.73 Å². The lowest BCUT2D eigenvalue weighted by molar-refractivity contribution is -0.218. The van der Waals surface area contributed by atoms with Crippen molar-refractivity contribution in [3.05, 3.63) is 35.9 Å². The van der Waals surface area contributed by atoms with Crippen LogP contribution in [-0.2, 0) is 5.92 Å². The summed E-state index contributed by atoms with van der Waals surface area (Å²) >= 11 is 0. The summed E-state index contributed by atoms with van der Waals surface area (Å²) in [5.74, 6) is -8.28. The molecule has 1 nitrogen and oxygen atoms in total. The van der Waals surface area contributed by atoms with Crippen LogP contribution in [0, 0.1) is 0 Å². The monoisotopic (exact) mass is 221 g/mol. The molecule has 0 aliphatic carbocycles. The highest BCUT2D eigenvalue weighted by Gasteiger charge is 2.56. The van der Waals surface area contributed by atoms with Crippen molar-refractivity contribution in [3.8, 4) is 0 Å². The largest absolute Gasteiger partial charge is 0.335 e. The average Bonchev–Trinajstić information content (AvgIpc) is 2.19. The molecule has 0 aromatic heterocycles. The molecule has 0 atom stereocenters. The Morgan fingerprint density at radius 3 is 2.00 bits per heavy atom. The maximum atomic E-state index is 13.3. The summed E-state index contributed by atoms with van der Waals surface area (Å²) in [5, 5.41) is 0. The smallest absolute Gasteiger partial charge is 0.330 e. The minimum Gasteiger partial charge on any atom is -0.330 e. The first-order valence-electron chi connectivity index (χ1n) is 4.43. The molecular formula is C10H11F4N. The standard InChI is InChI=1S/C10H11F4N/c11-9(12,6-7-15)10(13,14)8-4-2-1-3-5-8/h1-5H,6-7,15H2. The Morgan fingerprint density at radius 1 is 1.00 bits per heavy atom. The quantitative estimate of drug-likeness (QED) is 0.777.